The van der Waals surface area contributed by atoms with Crippen molar-refractivity contribution in [2.45, 2.75) is 11.7 Å². The van der Waals surface area contributed by atoms with Crippen LogP contribution in [0.25, 0.3) is 0 Å². The first-order chi connectivity index (χ1) is 12.9. The van der Waals surface area contributed by atoms with E-state index in [-0.39, 0.29) is 23.4 Å². The molecule has 138 valence electrons. The SMILES string of the molecule is NC(=N/N=C\c1ccc(Cl)cc1)S[C@@H]1CC(=O)N(c2ccc(Br)cc2)C1=O. The van der Waals surface area contributed by atoms with Crippen LogP contribution in [0.1, 0.15) is 12.0 Å². The number of carbonyl (C=O) groups excluding carboxylic acids is 2. The number of benzene rings is 2. The van der Waals surface area contributed by atoms with Crippen LogP contribution in [-0.4, -0.2) is 28.4 Å². The fourth-order valence-electron chi connectivity index (χ4n) is 2.43. The number of amides is 2. The lowest BCUT2D eigenvalue weighted by atomic mass is 10.2. The van der Waals surface area contributed by atoms with Crippen LogP contribution in [-0.2, 0) is 9.59 Å². The minimum Gasteiger partial charge on any atom is -0.377 e. The van der Waals surface area contributed by atoms with Gasteiger partial charge in [0.25, 0.3) is 0 Å². The average Bonchev–Trinajstić information content (AvgIpc) is 2.91. The molecule has 0 unspecified atom stereocenters. The van der Waals surface area contributed by atoms with E-state index in [1.807, 2.05) is 0 Å². The Labute approximate surface area is 173 Å². The van der Waals surface area contributed by atoms with Crippen LogP contribution in [0.5, 0.6) is 0 Å². The summed E-state index contributed by atoms with van der Waals surface area (Å²) in [4.78, 5) is 26.0. The van der Waals surface area contributed by atoms with Gasteiger partial charge in [-0.3, -0.25) is 9.59 Å². The second-order valence-corrected chi connectivity index (χ2v) is 8.16. The highest BCUT2D eigenvalue weighted by Gasteiger charge is 2.40. The number of carbonyl (C=O) groups is 2. The molecule has 2 aromatic carbocycles. The molecule has 1 aliphatic rings. The zero-order valence-corrected chi connectivity index (χ0v) is 17.0. The molecule has 27 heavy (non-hydrogen) atoms. The van der Waals surface area contributed by atoms with Crippen molar-refractivity contribution in [3.05, 3.63) is 63.6 Å². The highest BCUT2D eigenvalue weighted by atomic mass is 79.9. The lowest BCUT2D eigenvalue weighted by molar-refractivity contribution is -0.121. The molecule has 0 saturated carbocycles. The van der Waals surface area contributed by atoms with E-state index in [1.165, 1.54) is 11.1 Å². The van der Waals surface area contributed by atoms with Crippen LogP contribution < -0.4 is 10.6 Å². The number of thioether (sulfide) groups is 1. The molecule has 0 spiro atoms. The van der Waals surface area contributed by atoms with Crippen LogP contribution in [0.15, 0.2) is 63.2 Å². The van der Waals surface area contributed by atoms with Crippen molar-refractivity contribution >= 4 is 68.2 Å². The maximum absolute atomic E-state index is 12.6. The van der Waals surface area contributed by atoms with Gasteiger partial charge in [-0.25, -0.2) is 4.90 Å². The van der Waals surface area contributed by atoms with Gasteiger partial charge >= 0.3 is 0 Å². The second-order valence-electron chi connectivity index (χ2n) is 5.59. The molecule has 0 aromatic heterocycles. The number of hydrogen-bond acceptors (Lipinski definition) is 5. The van der Waals surface area contributed by atoms with E-state index in [0.29, 0.717) is 10.7 Å². The van der Waals surface area contributed by atoms with Gasteiger partial charge in [0, 0.05) is 15.9 Å². The van der Waals surface area contributed by atoms with Gasteiger partial charge in [0.1, 0.15) is 5.25 Å². The van der Waals surface area contributed by atoms with Crippen molar-refractivity contribution in [2.24, 2.45) is 15.9 Å². The smallest absolute Gasteiger partial charge is 0.247 e. The highest BCUT2D eigenvalue weighted by Crippen LogP contribution is 2.30. The van der Waals surface area contributed by atoms with E-state index in [4.69, 9.17) is 17.3 Å². The van der Waals surface area contributed by atoms with Gasteiger partial charge in [0.05, 0.1) is 11.9 Å². The van der Waals surface area contributed by atoms with Crippen molar-refractivity contribution in [3.8, 4) is 0 Å². The Balaban J connectivity index is 1.64. The molecule has 0 aliphatic carbocycles. The van der Waals surface area contributed by atoms with Crippen LogP contribution >= 0.6 is 39.3 Å². The Morgan fingerprint density at radius 1 is 1.19 bits per heavy atom. The first-order valence-corrected chi connectivity index (χ1v) is 9.90. The molecule has 2 N–H and O–H groups in total. The number of imide groups is 1. The van der Waals surface area contributed by atoms with E-state index < -0.39 is 5.25 Å². The summed E-state index contributed by atoms with van der Waals surface area (Å²) in [5, 5.41) is 7.91. The number of hydrogen-bond donors (Lipinski definition) is 1. The highest BCUT2D eigenvalue weighted by molar-refractivity contribution is 9.10. The maximum Gasteiger partial charge on any atom is 0.247 e. The predicted molar refractivity (Wildman–Crippen MR) is 113 cm³/mol. The fraction of sp³-hybridized carbons (Fsp3) is 0.111. The first kappa shape index (κ1) is 19.6. The number of anilines is 1. The molecule has 1 fully saturated rings. The van der Waals surface area contributed by atoms with Crippen molar-refractivity contribution < 1.29 is 9.59 Å². The van der Waals surface area contributed by atoms with E-state index in [1.54, 1.807) is 48.5 Å². The van der Waals surface area contributed by atoms with Crippen molar-refractivity contribution in [3.63, 3.8) is 0 Å². The molecule has 1 aliphatic heterocycles. The summed E-state index contributed by atoms with van der Waals surface area (Å²) in [7, 11) is 0. The van der Waals surface area contributed by atoms with Crippen LogP contribution in [0.2, 0.25) is 5.02 Å². The molecule has 2 aromatic rings. The van der Waals surface area contributed by atoms with Gasteiger partial charge in [-0.2, -0.15) is 5.10 Å². The molecule has 1 saturated heterocycles. The summed E-state index contributed by atoms with van der Waals surface area (Å²) < 4.78 is 0.867. The lowest BCUT2D eigenvalue weighted by Crippen LogP contribution is -2.31. The number of nitrogens with two attached hydrogens (primary N) is 1. The normalized spacial score (nSPS) is 17.9. The Morgan fingerprint density at radius 3 is 2.52 bits per heavy atom. The second kappa shape index (κ2) is 8.69. The number of amidine groups is 1. The van der Waals surface area contributed by atoms with Crippen LogP contribution in [0.4, 0.5) is 5.69 Å². The number of halogens is 2. The topological polar surface area (TPSA) is 88.1 Å². The average molecular weight is 466 g/mol. The molecular formula is C18H14BrClN4O2S. The van der Waals surface area contributed by atoms with Crippen molar-refractivity contribution in [1.29, 1.82) is 0 Å². The third-order valence-corrected chi connectivity index (χ3v) is 5.44. The van der Waals surface area contributed by atoms with Crippen LogP contribution in [0.3, 0.4) is 0 Å². The molecule has 0 radical (unpaired) electrons. The van der Waals surface area contributed by atoms with Gasteiger partial charge in [0.15, 0.2) is 5.17 Å². The standard InChI is InChI=1S/C18H14BrClN4O2S/c19-12-3-7-14(8-4-12)24-16(25)9-15(17(24)26)27-18(21)23-22-10-11-1-5-13(20)6-2-11/h1-8,10,15H,9H2,(H2,21,23)/b22-10-/t15-/m1/s1. The molecule has 9 heteroatoms. The molecule has 1 heterocycles. The van der Waals surface area contributed by atoms with Gasteiger partial charge in [-0.1, -0.05) is 51.4 Å². The summed E-state index contributed by atoms with van der Waals surface area (Å²) in [6.07, 6.45) is 1.59. The summed E-state index contributed by atoms with van der Waals surface area (Å²) in [5.74, 6) is -0.579. The summed E-state index contributed by atoms with van der Waals surface area (Å²) >= 11 is 10.2. The molecule has 2 amide bonds. The molecule has 3 rings (SSSR count). The van der Waals surface area contributed by atoms with Crippen molar-refractivity contribution in [2.75, 3.05) is 4.90 Å². The minimum absolute atomic E-state index is 0.0662. The molecule has 6 nitrogen and oxygen atoms in total. The fourth-order valence-corrected chi connectivity index (χ4v) is 3.64. The number of rotatable bonds is 4. The third kappa shape index (κ3) is 4.97. The maximum atomic E-state index is 12.6. The molecule has 1 atom stereocenters. The summed E-state index contributed by atoms with van der Waals surface area (Å²) in [6, 6.07) is 14.0. The lowest BCUT2D eigenvalue weighted by Gasteiger charge is -2.14. The number of nitrogens with zero attached hydrogens (tertiary/aromatic N) is 3. The zero-order chi connectivity index (χ0) is 19.4. The molecule has 0 bridgehead atoms. The first-order valence-electron chi connectivity index (χ1n) is 7.85. The monoisotopic (exact) mass is 464 g/mol. The third-order valence-electron chi connectivity index (χ3n) is 3.69. The van der Waals surface area contributed by atoms with Gasteiger partial charge < -0.3 is 5.73 Å². The van der Waals surface area contributed by atoms with E-state index in [2.05, 4.69) is 26.1 Å². The minimum atomic E-state index is -0.615. The molecular weight excluding hydrogens is 452 g/mol. The van der Waals surface area contributed by atoms with Crippen LogP contribution in [0, 0.1) is 0 Å². The quantitative estimate of drug-likeness (QED) is 0.322. The van der Waals surface area contributed by atoms with Gasteiger partial charge in [-0.05, 0) is 42.0 Å². The zero-order valence-electron chi connectivity index (χ0n) is 13.9. The summed E-state index contributed by atoms with van der Waals surface area (Å²) in [5.41, 5.74) is 7.19. The van der Waals surface area contributed by atoms with Crippen molar-refractivity contribution in [1.82, 2.24) is 0 Å². The van der Waals surface area contributed by atoms with E-state index in [0.717, 1.165) is 21.8 Å². The van der Waals surface area contributed by atoms with Gasteiger partial charge in [-0.15, -0.1) is 5.10 Å². The Morgan fingerprint density at radius 2 is 1.85 bits per heavy atom. The predicted octanol–water partition coefficient (Wildman–Crippen LogP) is 3.82. The summed E-state index contributed by atoms with van der Waals surface area (Å²) in [6.45, 7) is 0. The Hall–Kier alpha value is -2.16. The Kier molecular flexibility index (Phi) is 6.30. The van der Waals surface area contributed by atoms with E-state index in [9.17, 15) is 9.59 Å². The Bertz CT molecular complexity index is 916. The van der Waals surface area contributed by atoms with Gasteiger partial charge in [0.2, 0.25) is 11.8 Å². The largest absolute Gasteiger partial charge is 0.377 e. The van der Waals surface area contributed by atoms with E-state index >= 15 is 0 Å².